The average Bonchev–Trinajstić information content (AvgIpc) is 3.32. The van der Waals surface area contributed by atoms with Crippen LogP contribution in [0, 0.1) is 0 Å². The Morgan fingerprint density at radius 3 is 3.00 bits per heavy atom. The van der Waals surface area contributed by atoms with Gasteiger partial charge >= 0.3 is 0 Å². The molecule has 1 atom stereocenters. The third kappa shape index (κ3) is 3.12. The second kappa shape index (κ2) is 6.69. The van der Waals surface area contributed by atoms with Crippen molar-refractivity contribution in [1.82, 2.24) is 4.90 Å². The Morgan fingerprint density at radius 2 is 2.16 bits per heavy atom. The van der Waals surface area contributed by atoms with Crippen LogP contribution < -0.4 is 0 Å². The molecule has 0 spiro atoms. The molecule has 6 heteroatoms. The van der Waals surface area contributed by atoms with Crippen molar-refractivity contribution in [2.45, 2.75) is 25.5 Å². The number of hydrogen-bond donors (Lipinski definition) is 0. The molecule has 1 amide bonds. The van der Waals surface area contributed by atoms with Crippen molar-refractivity contribution in [3.05, 3.63) is 58.2 Å². The highest BCUT2D eigenvalue weighted by Gasteiger charge is 2.34. The van der Waals surface area contributed by atoms with Gasteiger partial charge in [0.25, 0.3) is 5.91 Å². The van der Waals surface area contributed by atoms with Gasteiger partial charge < -0.3 is 18.5 Å². The molecule has 1 unspecified atom stereocenters. The third-order valence-electron chi connectivity index (χ3n) is 4.50. The van der Waals surface area contributed by atoms with Gasteiger partial charge in [0.2, 0.25) is 0 Å². The van der Waals surface area contributed by atoms with Crippen LogP contribution in [0.15, 0.2) is 49.7 Å². The number of furan rings is 2. The molecule has 0 N–H and O–H groups in total. The molecule has 1 aliphatic heterocycles. The lowest BCUT2D eigenvalue weighted by molar-refractivity contribution is 0.0686. The van der Waals surface area contributed by atoms with Crippen molar-refractivity contribution in [2.24, 2.45) is 0 Å². The maximum Gasteiger partial charge on any atom is 0.290 e. The van der Waals surface area contributed by atoms with Gasteiger partial charge in [-0.25, -0.2) is 0 Å². The van der Waals surface area contributed by atoms with Crippen molar-refractivity contribution in [3.8, 4) is 0 Å². The summed E-state index contributed by atoms with van der Waals surface area (Å²) in [5, 5.41) is 0.911. The molecule has 2 aromatic heterocycles. The number of benzene rings is 1. The van der Waals surface area contributed by atoms with Crippen molar-refractivity contribution in [1.29, 1.82) is 0 Å². The predicted molar refractivity (Wildman–Crippen MR) is 96.3 cm³/mol. The van der Waals surface area contributed by atoms with Gasteiger partial charge in [-0.05, 0) is 49.2 Å². The van der Waals surface area contributed by atoms with Gasteiger partial charge in [0, 0.05) is 23.5 Å². The van der Waals surface area contributed by atoms with Gasteiger partial charge in [0.1, 0.15) is 23.7 Å². The first-order chi connectivity index (χ1) is 12.2. The zero-order valence-electron chi connectivity index (χ0n) is 13.8. The van der Waals surface area contributed by atoms with E-state index in [0.717, 1.165) is 34.2 Å². The van der Waals surface area contributed by atoms with Crippen LogP contribution in [0.1, 0.15) is 41.0 Å². The summed E-state index contributed by atoms with van der Waals surface area (Å²) in [5.74, 6) is 1.84. The number of fused-ring (bicyclic) bond motifs is 1. The number of carbonyl (C=O) groups is 1. The monoisotopic (exact) mass is 403 g/mol. The fraction of sp³-hybridized carbons (Fsp3) is 0.316. The molecule has 4 rings (SSSR count). The number of nitrogens with zero attached hydrogens (tertiary/aromatic N) is 1. The number of amides is 1. The van der Waals surface area contributed by atoms with Crippen molar-refractivity contribution < 1.29 is 18.4 Å². The largest absolute Gasteiger partial charge is 0.461 e. The molecule has 1 aliphatic rings. The maximum absolute atomic E-state index is 13.0. The second-order valence-electron chi connectivity index (χ2n) is 6.19. The second-order valence-corrected chi connectivity index (χ2v) is 7.10. The van der Waals surface area contributed by atoms with Crippen LogP contribution in [0.4, 0.5) is 0 Å². The minimum atomic E-state index is -0.0977. The van der Waals surface area contributed by atoms with Crippen LogP contribution in [0.5, 0.6) is 0 Å². The topological polar surface area (TPSA) is 55.8 Å². The molecule has 0 saturated carbocycles. The molecule has 25 heavy (non-hydrogen) atoms. The molecule has 0 bridgehead atoms. The SMILES string of the molecule is COCc1ccc(C2CCCN2C(=O)c2cc3cc(Br)ccc3o2)o1. The smallest absolute Gasteiger partial charge is 0.290 e. The van der Waals surface area contributed by atoms with Crippen LogP contribution in [0.3, 0.4) is 0 Å². The lowest BCUT2D eigenvalue weighted by atomic mass is 10.1. The Morgan fingerprint density at radius 1 is 1.28 bits per heavy atom. The van der Waals surface area contributed by atoms with E-state index >= 15 is 0 Å². The van der Waals surface area contributed by atoms with E-state index < -0.39 is 0 Å². The summed E-state index contributed by atoms with van der Waals surface area (Å²) in [5.41, 5.74) is 0.711. The summed E-state index contributed by atoms with van der Waals surface area (Å²) in [4.78, 5) is 14.8. The molecular weight excluding hydrogens is 386 g/mol. The molecule has 1 fully saturated rings. The maximum atomic E-state index is 13.0. The number of likely N-dealkylation sites (tertiary alicyclic amines) is 1. The zero-order chi connectivity index (χ0) is 17.4. The van der Waals surface area contributed by atoms with E-state index in [0.29, 0.717) is 24.5 Å². The summed E-state index contributed by atoms with van der Waals surface area (Å²) < 4.78 is 17.7. The first-order valence-electron chi connectivity index (χ1n) is 8.23. The van der Waals surface area contributed by atoms with Crippen LogP contribution in [0.2, 0.25) is 0 Å². The summed E-state index contributed by atoms with van der Waals surface area (Å²) >= 11 is 3.44. The summed E-state index contributed by atoms with van der Waals surface area (Å²) in [6, 6.07) is 11.3. The lowest BCUT2D eigenvalue weighted by Gasteiger charge is -2.22. The van der Waals surface area contributed by atoms with E-state index in [1.165, 1.54) is 0 Å². The minimum Gasteiger partial charge on any atom is -0.461 e. The van der Waals surface area contributed by atoms with E-state index in [4.69, 9.17) is 13.6 Å². The lowest BCUT2D eigenvalue weighted by Crippen LogP contribution is -2.30. The van der Waals surface area contributed by atoms with E-state index in [2.05, 4.69) is 15.9 Å². The molecule has 0 aliphatic carbocycles. The van der Waals surface area contributed by atoms with Crippen LogP contribution >= 0.6 is 15.9 Å². The minimum absolute atomic E-state index is 0.0574. The number of ether oxygens (including phenoxy) is 1. The highest BCUT2D eigenvalue weighted by molar-refractivity contribution is 9.10. The Bertz CT molecular complexity index is 913. The van der Waals surface area contributed by atoms with Crippen molar-refractivity contribution in [2.75, 3.05) is 13.7 Å². The quantitative estimate of drug-likeness (QED) is 0.620. The average molecular weight is 404 g/mol. The van der Waals surface area contributed by atoms with Gasteiger partial charge in [-0.15, -0.1) is 0 Å². The molecule has 130 valence electrons. The Labute approximate surface area is 153 Å². The third-order valence-corrected chi connectivity index (χ3v) is 4.99. The standard InChI is InChI=1S/C19H18BrNO4/c1-23-11-14-5-7-17(24-14)15-3-2-8-21(15)19(22)18-10-12-9-13(20)4-6-16(12)25-18/h4-7,9-10,15H,2-3,8,11H2,1H3. The number of carbonyl (C=O) groups excluding carboxylic acids is 1. The van der Waals surface area contributed by atoms with Gasteiger partial charge in [-0.1, -0.05) is 15.9 Å². The van der Waals surface area contributed by atoms with E-state index in [-0.39, 0.29) is 11.9 Å². The molecule has 3 aromatic rings. The van der Waals surface area contributed by atoms with Gasteiger partial charge in [-0.2, -0.15) is 0 Å². The Kier molecular flexibility index (Phi) is 4.39. The number of hydrogen-bond acceptors (Lipinski definition) is 4. The van der Waals surface area contributed by atoms with Crippen molar-refractivity contribution >= 4 is 32.8 Å². The van der Waals surface area contributed by atoms with E-state index in [1.807, 2.05) is 35.2 Å². The molecular formula is C19H18BrNO4. The predicted octanol–water partition coefficient (Wildman–Crippen LogP) is 4.91. The Balaban J connectivity index is 1.60. The summed E-state index contributed by atoms with van der Waals surface area (Å²) in [6.07, 6.45) is 1.83. The Hall–Kier alpha value is -2.05. The normalized spacial score (nSPS) is 17.5. The van der Waals surface area contributed by atoms with Gasteiger partial charge in [-0.3, -0.25) is 4.79 Å². The molecule has 1 aromatic carbocycles. The molecule has 3 heterocycles. The van der Waals surface area contributed by atoms with E-state index in [9.17, 15) is 4.79 Å². The van der Waals surface area contributed by atoms with Gasteiger partial charge in [0.15, 0.2) is 5.76 Å². The fourth-order valence-corrected chi connectivity index (χ4v) is 3.74. The number of methoxy groups -OCH3 is 1. The van der Waals surface area contributed by atoms with Crippen molar-refractivity contribution in [3.63, 3.8) is 0 Å². The zero-order valence-corrected chi connectivity index (χ0v) is 15.4. The highest BCUT2D eigenvalue weighted by atomic mass is 79.9. The first-order valence-corrected chi connectivity index (χ1v) is 9.02. The van der Waals surface area contributed by atoms with Crippen LogP contribution in [-0.4, -0.2) is 24.5 Å². The number of halogens is 1. The molecule has 1 saturated heterocycles. The summed E-state index contributed by atoms with van der Waals surface area (Å²) in [7, 11) is 1.63. The fourth-order valence-electron chi connectivity index (χ4n) is 3.36. The summed E-state index contributed by atoms with van der Waals surface area (Å²) in [6.45, 7) is 1.13. The van der Waals surface area contributed by atoms with Crippen LogP contribution in [0.25, 0.3) is 11.0 Å². The first kappa shape index (κ1) is 16.4. The highest BCUT2D eigenvalue weighted by Crippen LogP contribution is 2.35. The molecule has 5 nitrogen and oxygen atoms in total. The van der Waals surface area contributed by atoms with Crippen LogP contribution in [-0.2, 0) is 11.3 Å². The molecule has 0 radical (unpaired) electrons. The van der Waals surface area contributed by atoms with Gasteiger partial charge in [0.05, 0.1) is 6.04 Å². The van der Waals surface area contributed by atoms with E-state index in [1.54, 1.807) is 13.2 Å². The number of rotatable bonds is 4.